The van der Waals surface area contributed by atoms with Crippen LogP contribution in [0.25, 0.3) is 0 Å². The van der Waals surface area contributed by atoms with Gasteiger partial charge in [-0.05, 0) is 18.1 Å². The Kier molecular flexibility index (Phi) is 5.95. The van der Waals surface area contributed by atoms with Crippen LogP contribution in [0.15, 0.2) is 53.8 Å². The van der Waals surface area contributed by atoms with E-state index in [4.69, 9.17) is 42.1 Å². The van der Waals surface area contributed by atoms with Gasteiger partial charge >= 0.3 is 5.97 Å². The molecule has 1 aliphatic heterocycles. The van der Waals surface area contributed by atoms with Crippen molar-refractivity contribution < 1.29 is 33.3 Å². The molecular weight excluding hydrogens is 471 g/mol. The van der Waals surface area contributed by atoms with Gasteiger partial charge in [0.2, 0.25) is 5.78 Å². The highest BCUT2D eigenvalue weighted by atomic mass is 35.5. The van der Waals surface area contributed by atoms with Crippen LogP contribution in [-0.2, 0) is 25.7 Å². The number of ether oxygens (including phenoxy) is 4. The molecular formula is C24H18Cl2O7. The summed E-state index contributed by atoms with van der Waals surface area (Å²) in [6.07, 6.45) is 2.05. The minimum atomic E-state index is -2.11. The fourth-order valence-electron chi connectivity index (χ4n) is 3.81. The molecule has 0 N–H and O–H groups in total. The van der Waals surface area contributed by atoms with Gasteiger partial charge in [-0.1, -0.05) is 53.5 Å². The standard InChI is InChI=1S/C24H18Cl2O7/c1-12-18(25)20(32-11-13-7-5-4-6-8-13)17-21(19(12)26)33-24(22(17)28)15(23(29)31-3)9-14(27)10-16(24)30-2/h4-10H,11H2,1-3H3/t24-/m0/s1. The third kappa shape index (κ3) is 3.48. The van der Waals surface area contributed by atoms with Gasteiger partial charge in [-0.25, -0.2) is 4.79 Å². The molecule has 1 aliphatic carbocycles. The summed E-state index contributed by atoms with van der Waals surface area (Å²) in [6, 6.07) is 9.28. The van der Waals surface area contributed by atoms with E-state index in [-0.39, 0.29) is 45.0 Å². The quantitative estimate of drug-likeness (QED) is 0.575. The van der Waals surface area contributed by atoms with Gasteiger partial charge in [0.15, 0.2) is 23.0 Å². The van der Waals surface area contributed by atoms with E-state index in [1.807, 2.05) is 30.3 Å². The van der Waals surface area contributed by atoms with Crippen molar-refractivity contribution in [2.24, 2.45) is 0 Å². The molecule has 0 aromatic heterocycles. The van der Waals surface area contributed by atoms with E-state index >= 15 is 0 Å². The van der Waals surface area contributed by atoms with Crippen LogP contribution in [0.1, 0.15) is 21.5 Å². The molecule has 0 unspecified atom stereocenters. The van der Waals surface area contributed by atoms with Gasteiger partial charge in [-0.15, -0.1) is 0 Å². The summed E-state index contributed by atoms with van der Waals surface area (Å²) < 4.78 is 22.2. The number of fused-ring (bicyclic) bond motifs is 1. The highest BCUT2D eigenvalue weighted by Gasteiger charge is 2.61. The summed E-state index contributed by atoms with van der Waals surface area (Å²) in [4.78, 5) is 38.7. The molecule has 2 aliphatic rings. The molecule has 170 valence electrons. The Balaban J connectivity index is 1.90. The van der Waals surface area contributed by atoms with Gasteiger partial charge in [0.05, 0.1) is 24.3 Å². The molecule has 2 aromatic carbocycles. The van der Waals surface area contributed by atoms with Crippen LogP contribution in [0.2, 0.25) is 10.0 Å². The first-order valence-corrected chi connectivity index (χ1v) is 10.5. The lowest BCUT2D eigenvalue weighted by Gasteiger charge is -2.31. The Bertz CT molecular complexity index is 1250. The lowest BCUT2D eigenvalue weighted by atomic mass is 9.81. The normalized spacial score (nSPS) is 18.9. The number of esters is 1. The molecule has 0 saturated carbocycles. The summed E-state index contributed by atoms with van der Waals surface area (Å²) in [7, 11) is 2.38. The van der Waals surface area contributed by atoms with Crippen LogP contribution in [0, 0.1) is 6.92 Å². The Morgan fingerprint density at radius 1 is 1.06 bits per heavy atom. The first kappa shape index (κ1) is 22.9. The number of rotatable bonds is 5. The van der Waals surface area contributed by atoms with Gasteiger partial charge in [0, 0.05) is 12.2 Å². The van der Waals surface area contributed by atoms with Gasteiger partial charge in [-0.2, -0.15) is 0 Å². The van der Waals surface area contributed by atoms with Crippen molar-refractivity contribution in [3.63, 3.8) is 0 Å². The molecule has 0 saturated heterocycles. The number of allylic oxidation sites excluding steroid dienone is 2. The summed E-state index contributed by atoms with van der Waals surface area (Å²) in [5, 5.41) is 0.200. The summed E-state index contributed by atoms with van der Waals surface area (Å²) >= 11 is 13.0. The van der Waals surface area contributed by atoms with E-state index < -0.39 is 23.1 Å². The third-order valence-electron chi connectivity index (χ3n) is 5.45. The monoisotopic (exact) mass is 488 g/mol. The molecule has 0 fully saturated rings. The Labute approximate surface area is 199 Å². The van der Waals surface area contributed by atoms with E-state index in [1.54, 1.807) is 6.92 Å². The molecule has 0 radical (unpaired) electrons. The lowest BCUT2D eigenvalue weighted by Crippen LogP contribution is -2.49. The maximum Gasteiger partial charge on any atom is 0.338 e. The van der Waals surface area contributed by atoms with Crippen LogP contribution in [0.5, 0.6) is 11.5 Å². The zero-order chi connectivity index (χ0) is 23.9. The fourth-order valence-corrected chi connectivity index (χ4v) is 4.33. The van der Waals surface area contributed by atoms with Crippen LogP contribution >= 0.6 is 23.2 Å². The van der Waals surface area contributed by atoms with Crippen molar-refractivity contribution in [2.75, 3.05) is 14.2 Å². The largest absolute Gasteiger partial charge is 0.496 e. The number of benzene rings is 2. The SMILES string of the molecule is COC(=O)C1=CC(=O)C=C(OC)[C@@]12Oc1c(Cl)c(C)c(Cl)c(OCc3ccccc3)c1C2=O. The molecule has 9 heteroatoms. The second kappa shape index (κ2) is 8.57. The second-order valence-corrected chi connectivity index (χ2v) is 8.09. The van der Waals surface area contributed by atoms with Crippen LogP contribution in [0.4, 0.5) is 0 Å². The molecule has 0 bridgehead atoms. The first-order chi connectivity index (χ1) is 15.8. The number of ketones is 2. The zero-order valence-electron chi connectivity index (χ0n) is 17.9. The second-order valence-electron chi connectivity index (χ2n) is 7.34. The van der Waals surface area contributed by atoms with Crippen molar-refractivity contribution in [3.05, 3.63) is 80.6 Å². The minimum Gasteiger partial charge on any atom is -0.496 e. The summed E-state index contributed by atoms with van der Waals surface area (Å²) in [5.74, 6) is -2.38. The molecule has 33 heavy (non-hydrogen) atoms. The molecule has 1 heterocycles. The van der Waals surface area contributed by atoms with E-state index in [0.29, 0.717) is 5.56 Å². The average molecular weight is 489 g/mol. The number of methoxy groups -OCH3 is 2. The summed E-state index contributed by atoms with van der Waals surface area (Å²) in [6.45, 7) is 1.76. The Hall–Kier alpha value is -3.29. The van der Waals surface area contributed by atoms with Gasteiger partial charge in [0.25, 0.3) is 5.60 Å². The van der Waals surface area contributed by atoms with E-state index in [0.717, 1.165) is 24.8 Å². The van der Waals surface area contributed by atoms with E-state index in [1.165, 1.54) is 7.11 Å². The molecule has 1 spiro atoms. The average Bonchev–Trinajstić information content (AvgIpc) is 3.12. The molecule has 2 aromatic rings. The molecule has 1 atom stereocenters. The Morgan fingerprint density at radius 3 is 2.39 bits per heavy atom. The van der Waals surface area contributed by atoms with Crippen molar-refractivity contribution in [1.29, 1.82) is 0 Å². The van der Waals surface area contributed by atoms with E-state index in [2.05, 4.69) is 0 Å². The van der Waals surface area contributed by atoms with Gasteiger partial charge in [0.1, 0.15) is 17.7 Å². The fraction of sp³-hybridized carbons (Fsp3) is 0.208. The van der Waals surface area contributed by atoms with Gasteiger partial charge in [-0.3, -0.25) is 9.59 Å². The van der Waals surface area contributed by atoms with Crippen LogP contribution in [0.3, 0.4) is 0 Å². The van der Waals surface area contributed by atoms with Gasteiger partial charge < -0.3 is 18.9 Å². The first-order valence-electron chi connectivity index (χ1n) is 9.79. The number of carbonyl (C=O) groups excluding carboxylic acids is 3. The number of carbonyl (C=O) groups is 3. The third-order valence-corrected chi connectivity index (χ3v) is 6.36. The summed E-state index contributed by atoms with van der Waals surface area (Å²) in [5.41, 5.74) is -1.24. The molecule has 4 rings (SSSR count). The maximum absolute atomic E-state index is 13.9. The molecule has 0 amide bonds. The minimum absolute atomic E-state index is 0.0290. The zero-order valence-corrected chi connectivity index (χ0v) is 19.4. The maximum atomic E-state index is 13.9. The van der Waals surface area contributed by atoms with Crippen molar-refractivity contribution in [2.45, 2.75) is 19.1 Å². The van der Waals surface area contributed by atoms with Crippen molar-refractivity contribution in [1.82, 2.24) is 0 Å². The van der Waals surface area contributed by atoms with Crippen LogP contribution in [-0.4, -0.2) is 37.4 Å². The predicted molar refractivity (Wildman–Crippen MR) is 120 cm³/mol. The van der Waals surface area contributed by atoms with Crippen LogP contribution < -0.4 is 9.47 Å². The lowest BCUT2D eigenvalue weighted by molar-refractivity contribution is -0.138. The Morgan fingerprint density at radius 2 is 1.76 bits per heavy atom. The predicted octanol–water partition coefficient (Wildman–Crippen LogP) is 4.41. The van der Waals surface area contributed by atoms with Crippen molar-refractivity contribution in [3.8, 4) is 11.5 Å². The topological polar surface area (TPSA) is 88.1 Å². The highest BCUT2D eigenvalue weighted by molar-refractivity contribution is 6.40. The smallest absolute Gasteiger partial charge is 0.338 e. The van der Waals surface area contributed by atoms with E-state index in [9.17, 15) is 14.4 Å². The van der Waals surface area contributed by atoms with Crippen molar-refractivity contribution >= 4 is 40.7 Å². The highest BCUT2D eigenvalue weighted by Crippen LogP contribution is 2.54. The number of halogens is 2. The molecule has 7 nitrogen and oxygen atoms in total. The number of hydrogen-bond donors (Lipinski definition) is 0. The number of Topliss-reactive ketones (excluding diaryl/α,β-unsaturated/α-hetero) is 1. The number of hydrogen-bond acceptors (Lipinski definition) is 7.